The van der Waals surface area contributed by atoms with E-state index in [0.717, 1.165) is 12.1 Å². The molecule has 1 aromatic carbocycles. The van der Waals surface area contributed by atoms with E-state index in [1.54, 1.807) is 0 Å². The molecule has 108 valence electrons. The van der Waals surface area contributed by atoms with Gasteiger partial charge < -0.3 is 4.74 Å². The highest BCUT2D eigenvalue weighted by atomic mass is 32.2. The minimum absolute atomic E-state index is 0.102. The molecule has 0 heterocycles. The van der Waals surface area contributed by atoms with Crippen LogP contribution in [-0.4, -0.2) is 20.8 Å². The van der Waals surface area contributed by atoms with Gasteiger partial charge in [-0.1, -0.05) is 6.07 Å². The molecule has 0 aliphatic carbocycles. The number of ether oxygens (including phenoxy) is 1. The van der Waals surface area contributed by atoms with E-state index < -0.39 is 21.8 Å². The first-order chi connectivity index (χ1) is 8.68. The average molecular weight is 297 g/mol. The van der Waals surface area contributed by atoms with Crippen LogP contribution in [0.2, 0.25) is 0 Å². The lowest BCUT2D eigenvalue weighted by Gasteiger charge is -2.10. The smallest absolute Gasteiger partial charge is 0.416 e. The normalized spacial score (nSPS) is 12.4. The first kappa shape index (κ1) is 15.8. The number of alkyl halides is 3. The largest absolute Gasteiger partial charge is 0.494 e. The van der Waals surface area contributed by atoms with Crippen LogP contribution in [0.1, 0.15) is 18.4 Å². The Bertz CT molecular complexity index is 514. The number of hydrogen-bond acceptors (Lipinski definition) is 3. The first-order valence-electron chi connectivity index (χ1n) is 5.49. The Hall–Kier alpha value is -1.28. The van der Waals surface area contributed by atoms with Crippen molar-refractivity contribution in [3.05, 3.63) is 29.8 Å². The molecule has 0 radical (unpaired) electrons. The lowest BCUT2D eigenvalue weighted by Crippen LogP contribution is -2.16. The molecular formula is C11H14F3NO3S. The van der Waals surface area contributed by atoms with Gasteiger partial charge in [-0.3, -0.25) is 0 Å². The van der Waals surface area contributed by atoms with Gasteiger partial charge in [0.05, 0.1) is 17.9 Å². The summed E-state index contributed by atoms with van der Waals surface area (Å²) in [6.45, 7) is 0.136. The molecule has 0 aliphatic heterocycles. The summed E-state index contributed by atoms with van der Waals surface area (Å²) in [5.74, 6) is -0.0655. The van der Waals surface area contributed by atoms with Gasteiger partial charge in [0, 0.05) is 0 Å². The number of halogens is 3. The number of unbranched alkanes of at least 4 members (excludes halogenated alkanes) is 1. The predicted molar refractivity (Wildman–Crippen MR) is 64.1 cm³/mol. The van der Waals surface area contributed by atoms with Gasteiger partial charge in [-0.2, -0.15) is 13.2 Å². The van der Waals surface area contributed by atoms with Crippen LogP contribution in [-0.2, 0) is 16.2 Å². The third-order valence-corrected chi connectivity index (χ3v) is 3.11. The van der Waals surface area contributed by atoms with Crippen LogP contribution in [0, 0.1) is 0 Å². The highest BCUT2D eigenvalue weighted by Gasteiger charge is 2.30. The maximum absolute atomic E-state index is 12.4. The molecule has 4 nitrogen and oxygen atoms in total. The van der Waals surface area contributed by atoms with E-state index in [4.69, 9.17) is 9.88 Å². The summed E-state index contributed by atoms with van der Waals surface area (Å²) in [5, 5.41) is 4.80. The Kier molecular flexibility index (Phi) is 5.19. The van der Waals surface area contributed by atoms with Crippen LogP contribution in [0.5, 0.6) is 5.75 Å². The van der Waals surface area contributed by atoms with E-state index in [9.17, 15) is 21.6 Å². The van der Waals surface area contributed by atoms with Gasteiger partial charge >= 0.3 is 6.18 Å². The second-order valence-corrected chi connectivity index (χ2v) is 5.68. The molecule has 0 amide bonds. The van der Waals surface area contributed by atoms with Crippen molar-refractivity contribution < 1.29 is 26.3 Å². The highest BCUT2D eigenvalue weighted by molar-refractivity contribution is 7.89. The number of benzene rings is 1. The SMILES string of the molecule is NS(=O)(=O)CCCCOc1cccc(C(F)(F)F)c1. The average Bonchev–Trinajstić information content (AvgIpc) is 2.26. The van der Waals surface area contributed by atoms with Crippen molar-refractivity contribution in [2.75, 3.05) is 12.4 Å². The Labute approximate surface area is 109 Å². The number of nitrogens with two attached hydrogens (primary N) is 1. The molecule has 1 aromatic rings. The standard InChI is InChI=1S/C11H14F3NO3S/c12-11(13,14)9-4-3-5-10(8-9)18-6-1-2-7-19(15,16)17/h3-5,8H,1-2,6-7H2,(H2,15,16,17). The molecule has 0 saturated heterocycles. The number of primary sulfonamides is 1. The van der Waals surface area contributed by atoms with Gasteiger partial charge in [-0.25, -0.2) is 13.6 Å². The van der Waals surface area contributed by atoms with Gasteiger partial charge in [0.15, 0.2) is 0 Å². The van der Waals surface area contributed by atoms with Gasteiger partial charge in [-0.15, -0.1) is 0 Å². The molecule has 0 saturated carbocycles. The van der Waals surface area contributed by atoms with Crippen molar-refractivity contribution in [2.24, 2.45) is 5.14 Å². The van der Waals surface area contributed by atoms with Crippen molar-refractivity contribution in [1.29, 1.82) is 0 Å². The fourth-order valence-corrected chi connectivity index (χ4v) is 1.96. The first-order valence-corrected chi connectivity index (χ1v) is 7.20. The Balaban J connectivity index is 2.42. The van der Waals surface area contributed by atoms with Crippen LogP contribution < -0.4 is 9.88 Å². The fraction of sp³-hybridized carbons (Fsp3) is 0.455. The molecule has 0 aliphatic rings. The zero-order chi connectivity index (χ0) is 14.5. The third-order valence-electron chi connectivity index (χ3n) is 2.25. The van der Waals surface area contributed by atoms with Crippen LogP contribution in [0.4, 0.5) is 13.2 Å². The van der Waals surface area contributed by atoms with Crippen molar-refractivity contribution in [2.45, 2.75) is 19.0 Å². The lowest BCUT2D eigenvalue weighted by atomic mass is 10.2. The second kappa shape index (κ2) is 6.25. The zero-order valence-electron chi connectivity index (χ0n) is 9.98. The van der Waals surface area contributed by atoms with Crippen LogP contribution >= 0.6 is 0 Å². The van der Waals surface area contributed by atoms with Crippen molar-refractivity contribution >= 4 is 10.0 Å². The van der Waals surface area contributed by atoms with Crippen molar-refractivity contribution in [3.8, 4) is 5.75 Å². The molecular weight excluding hydrogens is 283 g/mol. The summed E-state index contributed by atoms with van der Waals surface area (Å²) in [4.78, 5) is 0. The molecule has 0 unspecified atom stereocenters. The summed E-state index contributed by atoms with van der Waals surface area (Å²) in [7, 11) is -3.50. The molecule has 1 rings (SSSR count). The highest BCUT2D eigenvalue weighted by Crippen LogP contribution is 2.31. The Morgan fingerprint density at radius 2 is 1.89 bits per heavy atom. The summed E-state index contributed by atoms with van der Waals surface area (Å²) >= 11 is 0. The maximum atomic E-state index is 12.4. The van der Waals surface area contributed by atoms with E-state index in [1.807, 2.05) is 0 Å². The molecule has 2 N–H and O–H groups in total. The predicted octanol–water partition coefficient (Wildman–Crippen LogP) is 2.15. The van der Waals surface area contributed by atoms with Crippen LogP contribution in [0.25, 0.3) is 0 Å². The van der Waals surface area contributed by atoms with Gasteiger partial charge in [-0.05, 0) is 31.0 Å². The minimum Gasteiger partial charge on any atom is -0.494 e. The van der Waals surface area contributed by atoms with Gasteiger partial charge in [0.2, 0.25) is 10.0 Å². The molecule has 19 heavy (non-hydrogen) atoms. The van der Waals surface area contributed by atoms with E-state index in [0.29, 0.717) is 12.8 Å². The molecule has 0 atom stereocenters. The number of rotatable bonds is 6. The van der Waals surface area contributed by atoms with Crippen molar-refractivity contribution in [3.63, 3.8) is 0 Å². The molecule has 0 bridgehead atoms. The second-order valence-electron chi connectivity index (χ2n) is 3.95. The fourth-order valence-electron chi connectivity index (χ4n) is 1.36. The van der Waals surface area contributed by atoms with E-state index >= 15 is 0 Å². The summed E-state index contributed by atoms with van der Waals surface area (Å²) < 4.78 is 63.6. The molecule has 8 heteroatoms. The minimum atomic E-state index is -4.41. The number of hydrogen-bond donors (Lipinski definition) is 1. The van der Waals surface area contributed by atoms with E-state index in [2.05, 4.69) is 0 Å². The summed E-state index contributed by atoms with van der Waals surface area (Å²) in [6, 6.07) is 4.52. The van der Waals surface area contributed by atoms with Gasteiger partial charge in [0.25, 0.3) is 0 Å². The van der Waals surface area contributed by atoms with E-state index in [1.165, 1.54) is 12.1 Å². The third kappa shape index (κ3) is 6.44. The molecule has 0 spiro atoms. The quantitative estimate of drug-likeness (QED) is 0.818. The molecule has 0 aromatic heterocycles. The van der Waals surface area contributed by atoms with Gasteiger partial charge in [0.1, 0.15) is 5.75 Å². The topological polar surface area (TPSA) is 69.4 Å². The Morgan fingerprint density at radius 3 is 2.47 bits per heavy atom. The number of sulfonamides is 1. The maximum Gasteiger partial charge on any atom is 0.416 e. The monoisotopic (exact) mass is 297 g/mol. The zero-order valence-corrected chi connectivity index (χ0v) is 10.8. The molecule has 0 fully saturated rings. The summed E-state index contributed by atoms with van der Waals surface area (Å²) in [5.41, 5.74) is -0.783. The van der Waals surface area contributed by atoms with E-state index in [-0.39, 0.29) is 18.1 Å². The van der Waals surface area contributed by atoms with Crippen molar-refractivity contribution in [1.82, 2.24) is 0 Å². The van der Waals surface area contributed by atoms with Crippen LogP contribution in [0.3, 0.4) is 0 Å². The Morgan fingerprint density at radius 1 is 1.21 bits per heavy atom. The van der Waals surface area contributed by atoms with Crippen LogP contribution in [0.15, 0.2) is 24.3 Å². The lowest BCUT2D eigenvalue weighted by molar-refractivity contribution is -0.137. The summed E-state index contributed by atoms with van der Waals surface area (Å²) in [6.07, 6.45) is -3.71.